The van der Waals surface area contributed by atoms with Gasteiger partial charge in [-0.3, -0.25) is 10.1 Å². The van der Waals surface area contributed by atoms with Crippen molar-refractivity contribution in [2.24, 2.45) is 0 Å². The lowest BCUT2D eigenvalue weighted by molar-refractivity contribution is -0.384. The fraction of sp³-hybridized carbons (Fsp3) is 0.0667. The van der Waals surface area contributed by atoms with Gasteiger partial charge in [-0.1, -0.05) is 24.3 Å². The number of hydrogen-bond donors (Lipinski definition) is 2. The van der Waals surface area contributed by atoms with Crippen molar-refractivity contribution >= 4 is 22.3 Å². The molecular weight excluding hydrogens is 254 g/mol. The minimum Gasteiger partial charge on any atom is -0.375 e. The van der Waals surface area contributed by atoms with Gasteiger partial charge in [0.1, 0.15) is 5.69 Å². The topological polar surface area (TPSA) is 71.0 Å². The van der Waals surface area contributed by atoms with Crippen LogP contribution < -0.4 is 5.32 Å². The molecule has 5 heteroatoms. The maximum absolute atomic E-state index is 11.0. The summed E-state index contributed by atoms with van der Waals surface area (Å²) >= 11 is 0. The molecule has 0 spiro atoms. The summed E-state index contributed by atoms with van der Waals surface area (Å²) in [5.74, 6) is 0. The highest BCUT2D eigenvalue weighted by Gasteiger charge is 2.12. The molecule has 2 N–H and O–H groups in total. The van der Waals surface area contributed by atoms with E-state index in [2.05, 4.69) is 10.3 Å². The van der Waals surface area contributed by atoms with Gasteiger partial charge in [0.15, 0.2) is 0 Å². The molecule has 2 aromatic carbocycles. The third-order valence-corrected chi connectivity index (χ3v) is 3.26. The zero-order valence-corrected chi connectivity index (χ0v) is 10.7. The van der Waals surface area contributed by atoms with E-state index in [1.807, 2.05) is 30.5 Å². The molecule has 0 aliphatic carbocycles. The van der Waals surface area contributed by atoms with E-state index in [0.717, 1.165) is 16.5 Å². The number of nitrogens with one attached hydrogen (secondary N) is 2. The van der Waals surface area contributed by atoms with Crippen molar-refractivity contribution in [1.82, 2.24) is 4.98 Å². The van der Waals surface area contributed by atoms with Crippen molar-refractivity contribution < 1.29 is 4.92 Å². The summed E-state index contributed by atoms with van der Waals surface area (Å²) in [6.07, 6.45) is 1.89. The molecule has 0 bridgehead atoms. The van der Waals surface area contributed by atoms with Crippen LogP contribution in [0.5, 0.6) is 0 Å². The lowest BCUT2D eigenvalue weighted by Crippen LogP contribution is -2.02. The number of nitro benzene ring substituents is 1. The monoisotopic (exact) mass is 267 g/mol. The Morgan fingerprint density at radius 3 is 2.80 bits per heavy atom. The summed E-state index contributed by atoms with van der Waals surface area (Å²) in [6.45, 7) is 0.542. The van der Waals surface area contributed by atoms with Crippen molar-refractivity contribution in [2.75, 3.05) is 5.32 Å². The van der Waals surface area contributed by atoms with E-state index < -0.39 is 0 Å². The Balaban J connectivity index is 1.87. The summed E-state index contributed by atoms with van der Waals surface area (Å²) in [5.41, 5.74) is 2.78. The van der Waals surface area contributed by atoms with Gasteiger partial charge in [0.05, 0.1) is 4.92 Å². The summed E-state index contributed by atoms with van der Waals surface area (Å²) in [4.78, 5) is 13.7. The van der Waals surface area contributed by atoms with Gasteiger partial charge in [-0.2, -0.15) is 0 Å². The first-order valence-electron chi connectivity index (χ1n) is 6.28. The number of fused-ring (bicyclic) bond motifs is 1. The molecule has 3 rings (SSSR count). The first-order chi connectivity index (χ1) is 9.75. The molecule has 20 heavy (non-hydrogen) atoms. The molecule has 0 aliphatic rings. The quantitative estimate of drug-likeness (QED) is 0.559. The predicted molar refractivity (Wildman–Crippen MR) is 78.7 cm³/mol. The van der Waals surface area contributed by atoms with Crippen molar-refractivity contribution in [3.05, 3.63) is 70.4 Å². The van der Waals surface area contributed by atoms with E-state index in [9.17, 15) is 10.1 Å². The van der Waals surface area contributed by atoms with Crippen molar-refractivity contribution in [2.45, 2.75) is 6.54 Å². The number of nitrogens with zero attached hydrogens (tertiary/aromatic N) is 1. The number of nitro groups is 1. The van der Waals surface area contributed by atoms with E-state index in [-0.39, 0.29) is 10.6 Å². The molecule has 1 aromatic heterocycles. The van der Waals surface area contributed by atoms with Crippen LogP contribution in [0.3, 0.4) is 0 Å². The zero-order chi connectivity index (χ0) is 13.9. The van der Waals surface area contributed by atoms with Gasteiger partial charge in [0, 0.05) is 29.7 Å². The Labute approximate surface area is 115 Å². The first kappa shape index (κ1) is 12.2. The van der Waals surface area contributed by atoms with Gasteiger partial charge in [-0.05, 0) is 23.8 Å². The van der Waals surface area contributed by atoms with E-state index in [4.69, 9.17) is 0 Å². The number of anilines is 1. The minimum atomic E-state index is -0.376. The van der Waals surface area contributed by atoms with Gasteiger partial charge in [-0.25, -0.2) is 0 Å². The zero-order valence-electron chi connectivity index (χ0n) is 10.7. The van der Waals surface area contributed by atoms with Gasteiger partial charge >= 0.3 is 0 Å². The second-order valence-corrected chi connectivity index (χ2v) is 4.48. The van der Waals surface area contributed by atoms with Crippen LogP contribution in [0.25, 0.3) is 10.9 Å². The summed E-state index contributed by atoms with van der Waals surface area (Å²) in [5, 5.41) is 15.2. The Kier molecular flexibility index (Phi) is 3.09. The molecule has 0 aliphatic heterocycles. The molecule has 1 heterocycles. The highest BCUT2D eigenvalue weighted by Crippen LogP contribution is 2.25. The third kappa shape index (κ3) is 2.21. The standard InChI is InChI=1S/C15H13N3O2/c19-18(20)15-7-2-1-5-14(15)17-10-11-4-3-6-13-12(11)8-9-16-13/h1-9,16-17H,10H2. The molecule has 0 amide bonds. The third-order valence-electron chi connectivity index (χ3n) is 3.26. The number of hydrogen-bond acceptors (Lipinski definition) is 3. The molecule has 0 fully saturated rings. The molecular formula is C15H13N3O2. The molecule has 0 saturated heterocycles. The molecule has 5 nitrogen and oxygen atoms in total. The van der Waals surface area contributed by atoms with Crippen LogP contribution in [0.15, 0.2) is 54.7 Å². The van der Waals surface area contributed by atoms with Crippen LogP contribution in [0.4, 0.5) is 11.4 Å². The first-order valence-corrected chi connectivity index (χ1v) is 6.28. The molecule has 0 atom stereocenters. The van der Waals surface area contributed by atoms with Crippen LogP contribution in [0.2, 0.25) is 0 Å². The van der Waals surface area contributed by atoms with E-state index in [0.29, 0.717) is 12.2 Å². The van der Waals surface area contributed by atoms with E-state index in [1.165, 1.54) is 6.07 Å². The Morgan fingerprint density at radius 1 is 1.10 bits per heavy atom. The second-order valence-electron chi connectivity index (χ2n) is 4.48. The molecule has 0 radical (unpaired) electrons. The summed E-state index contributed by atoms with van der Waals surface area (Å²) in [7, 11) is 0. The van der Waals surface area contributed by atoms with Crippen LogP contribution in [0.1, 0.15) is 5.56 Å². The van der Waals surface area contributed by atoms with Crippen LogP contribution >= 0.6 is 0 Å². The van der Waals surface area contributed by atoms with Gasteiger partial charge < -0.3 is 10.3 Å². The van der Waals surface area contributed by atoms with E-state index >= 15 is 0 Å². The van der Waals surface area contributed by atoms with Gasteiger partial charge in [0.25, 0.3) is 5.69 Å². The maximum atomic E-state index is 11.0. The van der Waals surface area contributed by atoms with Crippen molar-refractivity contribution in [1.29, 1.82) is 0 Å². The Hall–Kier alpha value is -2.82. The lowest BCUT2D eigenvalue weighted by Gasteiger charge is -2.08. The number of benzene rings is 2. The normalized spacial score (nSPS) is 10.6. The summed E-state index contributed by atoms with van der Waals surface area (Å²) in [6, 6.07) is 14.7. The van der Waals surface area contributed by atoms with Gasteiger partial charge in [0.2, 0.25) is 0 Å². The van der Waals surface area contributed by atoms with Crippen molar-refractivity contribution in [3.8, 4) is 0 Å². The number of rotatable bonds is 4. The lowest BCUT2D eigenvalue weighted by atomic mass is 10.1. The Morgan fingerprint density at radius 2 is 1.95 bits per heavy atom. The minimum absolute atomic E-state index is 0.0914. The molecule has 0 unspecified atom stereocenters. The fourth-order valence-corrected chi connectivity index (χ4v) is 2.28. The molecule has 3 aromatic rings. The van der Waals surface area contributed by atoms with Crippen LogP contribution in [0, 0.1) is 10.1 Å². The van der Waals surface area contributed by atoms with Crippen LogP contribution in [-0.2, 0) is 6.54 Å². The molecule has 100 valence electrons. The van der Waals surface area contributed by atoms with Crippen molar-refractivity contribution in [3.63, 3.8) is 0 Å². The van der Waals surface area contributed by atoms with Gasteiger partial charge in [-0.15, -0.1) is 0 Å². The SMILES string of the molecule is O=[N+]([O-])c1ccccc1NCc1cccc2[nH]ccc12. The number of H-pyrrole nitrogens is 1. The average Bonchev–Trinajstić information content (AvgIpc) is 2.94. The van der Waals surface area contributed by atoms with Crippen LogP contribution in [-0.4, -0.2) is 9.91 Å². The highest BCUT2D eigenvalue weighted by atomic mass is 16.6. The average molecular weight is 267 g/mol. The highest BCUT2D eigenvalue weighted by molar-refractivity contribution is 5.83. The largest absolute Gasteiger partial charge is 0.375 e. The second kappa shape index (κ2) is 5.05. The predicted octanol–water partition coefficient (Wildman–Crippen LogP) is 3.69. The Bertz CT molecular complexity index is 764. The number of aromatic amines is 1. The molecule has 0 saturated carbocycles. The number of para-hydroxylation sites is 2. The van der Waals surface area contributed by atoms with E-state index in [1.54, 1.807) is 18.2 Å². The maximum Gasteiger partial charge on any atom is 0.292 e. The summed E-state index contributed by atoms with van der Waals surface area (Å²) < 4.78 is 0. The fourth-order valence-electron chi connectivity index (χ4n) is 2.28. The number of aromatic nitrogens is 1. The smallest absolute Gasteiger partial charge is 0.292 e.